The molecule has 0 aliphatic heterocycles. The SMILES string of the molecule is CCCCC/C=C\C/C=C\CCCCCCCCCCCCOCC(COC(=O)CCCCCCC/C=C\CCCCCCCC)OC(=O)CCCCCCC/C=C\CCCCCC. The Bertz CT molecular complexity index is 1060. The van der Waals surface area contributed by atoms with Crippen LogP contribution in [0, 0.1) is 0 Å². The Morgan fingerprint density at radius 2 is 0.656 bits per heavy atom. The number of ether oxygens (including phenoxy) is 3. The first-order valence-corrected chi connectivity index (χ1v) is 28.2. The molecule has 5 heteroatoms. The third kappa shape index (κ3) is 52.5. The third-order valence-corrected chi connectivity index (χ3v) is 12.3. The lowest BCUT2D eigenvalue weighted by molar-refractivity contribution is -0.163. The van der Waals surface area contributed by atoms with Gasteiger partial charge in [0.1, 0.15) is 6.61 Å². The topological polar surface area (TPSA) is 61.8 Å². The standard InChI is InChI=1S/C59H108O5/c1-4-7-10-13-16-19-22-25-27-28-29-30-31-33-36-39-42-45-48-51-54-62-55-57(64-59(61)53-50-47-44-41-38-34-24-21-18-15-12-9-6-3)56-63-58(60)52-49-46-43-40-37-35-32-26-23-20-17-14-11-8-5-2/h16,19,21,24-27,32,57H,4-15,17-18,20,22-23,28-31,33-56H2,1-3H3/b19-16-,24-21-,27-25-,32-26-. The van der Waals surface area contributed by atoms with Crippen LogP contribution in [0.2, 0.25) is 0 Å². The number of rotatable bonds is 52. The van der Waals surface area contributed by atoms with E-state index in [0.717, 1.165) is 70.6 Å². The van der Waals surface area contributed by atoms with Gasteiger partial charge in [-0.05, 0) is 103 Å². The van der Waals surface area contributed by atoms with Crippen molar-refractivity contribution in [3.63, 3.8) is 0 Å². The average Bonchev–Trinajstić information content (AvgIpc) is 3.30. The van der Waals surface area contributed by atoms with E-state index in [4.69, 9.17) is 14.2 Å². The van der Waals surface area contributed by atoms with Crippen LogP contribution in [0.4, 0.5) is 0 Å². The van der Waals surface area contributed by atoms with E-state index in [-0.39, 0.29) is 25.2 Å². The van der Waals surface area contributed by atoms with Gasteiger partial charge in [-0.25, -0.2) is 0 Å². The predicted octanol–water partition coefficient (Wildman–Crippen LogP) is 19.1. The van der Waals surface area contributed by atoms with Crippen LogP contribution in [-0.4, -0.2) is 37.9 Å². The van der Waals surface area contributed by atoms with Crippen LogP contribution in [0.1, 0.15) is 290 Å². The van der Waals surface area contributed by atoms with E-state index in [2.05, 4.69) is 69.4 Å². The van der Waals surface area contributed by atoms with Gasteiger partial charge in [0, 0.05) is 19.4 Å². The third-order valence-electron chi connectivity index (χ3n) is 12.3. The summed E-state index contributed by atoms with van der Waals surface area (Å²) in [5.74, 6) is -0.407. The normalized spacial score (nSPS) is 12.5. The molecular weight excluding hydrogens is 789 g/mol. The van der Waals surface area contributed by atoms with E-state index >= 15 is 0 Å². The van der Waals surface area contributed by atoms with E-state index in [0.29, 0.717) is 19.4 Å². The zero-order valence-corrected chi connectivity index (χ0v) is 43.1. The van der Waals surface area contributed by atoms with Crippen LogP contribution in [0.15, 0.2) is 48.6 Å². The van der Waals surface area contributed by atoms with Gasteiger partial charge in [0.2, 0.25) is 0 Å². The second kappa shape index (κ2) is 55.2. The number of carbonyl (C=O) groups is 2. The van der Waals surface area contributed by atoms with Crippen molar-refractivity contribution >= 4 is 11.9 Å². The molecule has 0 aromatic heterocycles. The number of hydrogen-bond acceptors (Lipinski definition) is 5. The summed E-state index contributed by atoms with van der Waals surface area (Å²) in [5, 5.41) is 0. The molecule has 0 rings (SSSR count). The van der Waals surface area contributed by atoms with E-state index in [1.807, 2.05) is 0 Å². The predicted molar refractivity (Wildman–Crippen MR) is 279 cm³/mol. The molecule has 5 nitrogen and oxygen atoms in total. The van der Waals surface area contributed by atoms with Crippen LogP contribution in [0.25, 0.3) is 0 Å². The maximum absolute atomic E-state index is 12.8. The highest BCUT2D eigenvalue weighted by Crippen LogP contribution is 2.15. The van der Waals surface area contributed by atoms with Gasteiger partial charge in [-0.15, -0.1) is 0 Å². The van der Waals surface area contributed by atoms with Gasteiger partial charge in [-0.3, -0.25) is 9.59 Å². The number of esters is 2. The lowest BCUT2D eigenvalue weighted by Gasteiger charge is -2.18. The smallest absolute Gasteiger partial charge is 0.306 e. The molecular formula is C59H108O5. The minimum atomic E-state index is -0.544. The Hall–Kier alpha value is -2.14. The molecule has 0 amide bonds. The van der Waals surface area contributed by atoms with Crippen molar-refractivity contribution in [2.75, 3.05) is 19.8 Å². The highest BCUT2D eigenvalue weighted by Gasteiger charge is 2.17. The Kier molecular flexibility index (Phi) is 53.3. The zero-order valence-electron chi connectivity index (χ0n) is 43.1. The minimum Gasteiger partial charge on any atom is -0.462 e. The van der Waals surface area contributed by atoms with Crippen LogP contribution >= 0.6 is 0 Å². The van der Waals surface area contributed by atoms with Crippen molar-refractivity contribution in [3.05, 3.63) is 48.6 Å². The van der Waals surface area contributed by atoms with Crippen LogP contribution in [0.3, 0.4) is 0 Å². The molecule has 0 fully saturated rings. The second-order valence-electron chi connectivity index (χ2n) is 18.8. The van der Waals surface area contributed by atoms with Gasteiger partial charge < -0.3 is 14.2 Å². The maximum Gasteiger partial charge on any atom is 0.306 e. The van der Waals surface area contributed by atoms with E-state index in [1.54, 1.807) is 0 Å². The average molecular weight is 898 g/mol. The molecule has 0 aliphatic carbocycles. The number of unbranched alkanes of at least 4 members (excludes halogenated alkanes) is 33. The Morgan fingerprint density at radius 3 is 1.09 bits per heavy atom. The van der Waals surface area contributed by atoms with Gasteiger partial charge in [0.25, 0.3) is 0 Å². The fraction of sp³-hybridized carbons (Fsp3) is 0.831. The lowest BCUT2D eigenvalue weighted by Crippen LogP contribution is -2.30. The molecule has 0 bridgehead atoms. The summed E-state index contributed by atoms with van der Waals surface area (Å²) in [6.07, 6.45) is 68.4. The molecule has 374 valence electrons. The molecule has 0 N–H and O–H groups in total. The Morgan fingerprint density at radius 1 is 0.344 bits per heavy atom. The number of hydrogen-bond donors (Lipinski definition) is 0. The first-order valence-electron chi connectivity index (χ1n) is 28.2. The van der Waals surface area contributed by atoms with Crippen molar-refractivity contribution in [2.24, 2.45) is 0 Å². The lowest BCUT2D eigenvalue weighted by atomic mass is 10.1. The molecule has 0 aromatic rings. The number of carbonyl (C=O) groups excluding carboxylic acids is 2. The summed E-state index contributed by atoms with van der Waals surface area (Å²) < 4.78 is 17.4. The highest BCUT2D eigenvalue weighted by atomic mass is 16.6. The molecule has 64 heavy (non-hydrogen) atoms. The van der Waals surface area contributed by atoms with E-state index < -0.39 is 6.10 Å². The van der Waals surface area contributed by atoms with Crippen molar-refractivity contribution in [3.8, 4) is 0 Å². The summed E-state index contributed by atoms with van der Waals surface area (Å²) >= 11 is 0. The summed E-state index contributed by atoms with van der Waals surface area (Å²) in [6.45, 7) is 7.80. The molecule has 0 aromatic carbocycles. The summed E-state index contributed by atoms with van der Waals surface area (Å²) in [7, 11) is 0. The fourth-order valence-corrected chi connectivity index (χ4v) is 8.06. The molecule has 0 saturated heterocycles. The molecule has 1 unspecified atom stereocenters. The van der Waals surface area contributed by atoms with Gasteiger partial charge in [-0.2, -0.15) is 0 Å². The van der Waals surface area contributed by atoms with Gasteiger partial charge in [-0.1, -0.05) is 223 Å². The molecule has 0 aliphatic rings. The van der Waals surface area contributed by atoms with Crippen molar-refractivity contribution < 1.29 is 23.8 Å². The van der Waals surface area contributed by atoms with Crippen molar-refractivity contribution in [1.29, 1.82) is 0 Å². The quantitative estimate of drug-likeness (QED) is 0.0346. The summed E-state index contributed by atoms with van der Waals surface area (Å²) in [5.41, 5.74) is 0. The fourth-order valence-electron chi connectivity index (χ4n) is 8.06. The number of allylic oxidation sites excluding steroid dienone is 8. The zero-order chi connectivity index (χ0) is 46.3. The molecule has 0 heterocycles. The Labute approximate surface area is 399 Å². The summed E-state index contributed by atoms with van der Waals surface area (Å²) in [4.78, 5) is 25.4. The van der Waals surface area contributed by atoms with Crippen LogP contribution in [0.5, 0.6) is 0 Å². The summed E-state index contributed by atoms with van der Waals surface area (Å²) in [6, 6.07) is 0. The van der Waals surface area contributed by atoms with Crippen LogP contribution < -0.4 is 0 Å². The van der Waals surface area contributed by atoms with E-state index in [9.17, 15) is 9.59 Å². The first kappa shape index (κ1) is 61.9. The van der Waals surface area contributed by atoms with Gasteiger partial charge in [0.05, 0.1) is 6.61 Å². The maximum atomic E-state index is 12.8. The Balaban J connectivity index is 4.24. The van der Waals surface area contributed by atoms with Crippen LogP contribution in [-0.2, 0) is 23.8 Å². The van der Waals surface area contributed by atoms with Gasteiger partial charge >= 0.3 is 11.9 Å². The first-order chi connectivity index (χ1) is 31.6. The highest BCUT2D eigenvalue weighted by molar-refractivity contribution is 5.70. The molecule has 1 atom stereocenters. The van der Waals surface area contributed by atoms with Gasteiger partial charge in [0.15, 0.2) is 6.10 Å². The van der Waals surface area contributed by atoms with Crippen molar-refractivity contribution in [1.82, 2.24) is 0 Å². The molecule has 0 spiro atoms. The van der Waals surface area contributed by atoms with Crippen molar-refractivity contribution in [2.45, 2.75) is 297 Å². The van der Waals surface area contributed by atoms with E-state index in [1.165, 1.54) is 186 Å². The monoisotopic (exact) mass is 897 g/mol. The molecule has 0 saturated carbocycles. The largest absolute Gasteiger partial charge is 0.462 e. The minimum absolute atomic E-state index is 0.0787. The second-order valence-corrected chi connectivity index (χ2v) is 18.8. The molecule has 0 radical (unpaired) electrons.